The van der Waals surface area contributed by atoms with Crippen molar-refractivity contribution in [3.8, 4) is 11.5 Å². The van der Waals surface area contributed by atoms with Crippen LogP contribution in [0.1, 0.15) is 42.1 Å². The molecule has 2 rings (SSSR count). The van der Waals surface area contributed by atoms with Crippen molar-refractivity contribution in [2.75, 3.05) is 12.4 Å². The van der Waals surface area contributed by atoms with Gasteiger partial charge in [0.1, 0.15) is 0 Å². The molecule has 0 fully saturated rings. The first-order chi connectivity index (χ1) is 13.0. The molecule has 7 heteroatoms. The summed E-state index contributed by atoms with van der Waals surface area (Å²) in [6.45, 7) is 2.03. The Balaban J connectivity index is 1.91. The zero-order valence-corrected chi connectivity index (χ0v) is 15.4. The molecule has 0 aliphatic carbocycles. The number of carbonyl (C=O) groups excluding carboxylic acids is 2. The first-order valence-electron chi connectivity index (χ1n) is 8.63. The van der Waals surface area contributed by atoms with Gasteiger partial charge in [-0.05, 0) is 54.4 Å². The molecule has 0 heterocycles. The molecule has 142 valence electrons. The van der Waals surface area contributed by atoms with Gasteiger partial charge in [0.05, 0.1) is 13.3 Å². The number of phenolic OH excluding ortho intramolecular Hbond substituents is 1. The van der Waals surface area contributed by atoms with E-state index in [9.17, 15) is 14.7 Å². The fourth-order valence-electron chi connectivity index (χ4n) is 2.27. The second kappa shape index (κ2) is 9.96. The van der Waals surface area contributed by atoms with Crippen LogP contribution in [-0.2, 0) is 4.79 Å². The number of nitrogens with one attached hydrogen (secondary N) is 2. The molecule has 0 saturated heterocycles. The van der Waals surface area contributed by atoms with Gasteiger partial charge in [-0.1, -0.05) is 13.3 Å². The Labute approximate surface area is 158 Å². The molecule has 2 aromatic rings. The molecule has 0 spiro atoms. The average Bonchev–Trinajstić information content (AvgIpc) is 2.68. The Morgan fingerprint density at radius 1 is 1.19 bits per heavy atom. The molecule has 3 N–H and O–H groups in total. The number of ether oxygens (including phenoxy) is 1. The van der Waals surface area contributed by atoms with Crippen LogP contribution in [0.3, 0.4) is 0 Å². The Morgan fingerprint density at radius 2 is 1.93 bits per heavy atom. The summed E-state index contributed by atoms with van der Waals surface area (Å²) in [6.07, 6.45) is 3.74. The van der Waals surface area contributed by atoms with Crippen LogP contribution in [-0.4, -0.2) is 30.2 Å². The maximum Gasteiger partial charge on any atom is 0.271 e. The van der Waals surface area contributed by atoms with Crippen LogP contribution < -0.4 is 15.5 Å². The van der Waals surface area contributed by atoms with Crippen molar-refractivity contribution in [1.82, 2.24) is 5.43 Å². The quantitative estimate of drug-likeness (QED) is 0.491. The molecule has 0 aliphatic rings. The standard InChI is InChI=1S/C20H23N3O4/c1-3-4-5-19(25)22-16-9-7-15(8-10-16)20(26)23-21-13-14-6-11-17(24)18(12-14)27-2/h6-13,24H,3-5H2,1-2H3,(H,22,25)(H,23,26). The van der Waals surface area contributed by atoms with E-state index in [1.165, 1.54) is 19.4 Å². The summed E-state index contributed by atoms with van der Waals surface area (Å²) in [5.74, 6) is -0.0637. The maximum atomic E-state index is 12.1. The normalized spacial score (nSPS) is 10.6. The molecule has 0 bridgehead atoms. The number of anilines is 1. The van der Waals surface area contributed by atoms with Crippen molar-refractivity contribution in [1.29, 1.82) is 0 Å². The SMILES string of the molecule is CCCCC(=O)Nc1ccc(C(=O)NN=Cc2ccc(O)c(OC)c2)cc1. The van der Waals surface area contributed by atoms with Gasteiger partial charge in [-0.15, -0.1) is 0 Å². The number of nitrogens with zero attached hydrogens (tertiary/aromatic N) is 1. The summed E-state index contributed by atoms with van der Waals surface area (Å²) in [4.78, 5) is 23.8. The first-order valence-corrected chi connectivity index (χ1v) is 8.63. The van der Waals surface area contributed by atoms with Gasteiger partial charge >= 0.3 is 0 Å². The van der Waals surface area contributed by atoms with Gasteiger partial charge in [0.15, 0.2) is 11.5 Å². The number of hydrogen-bond acceptors (Lipinski definition) is 5. The Morgan fingerprint density at radius 3 is 2.59 bits per heavy atom. The third-order valence-corrected chi connectivity index (χ3v) is 3.77. The van der Waals surface area contributed by atoms with Crippen molar-refractivity contribution in [2.24, 2.45) is 5.10 Å². The van der Waals surface area contributed by atoms with E-state index in [4.69, 9.17) is 4.74 Å². The van der Waals surface area contributed by atoms with Gasteiger partial charge in [0, 0.05) is 17.7 Å². The number of phenols is 1. The van der Waals surface area contributed by atoms with Crippen LogP contribution in [0.4, 0.5) is 5.69 Å². The fraction of sp³-hybridized carbons (Fsp3) is 0.250. The van der Waals surface area contributed by atoms with E-state index in [1.54, 1.807) is 36.4 Å². The van der Waals surface area contributed by atoms with E-state index in [1.807, 2.05) is 6.92 Å². The van der Waals surface area contributed by atoms with Gasteiger partial charge in [0.2, 0.25) is 5.91 Å². The van der Waals surface area contributed by atoms with Crippen molar-refractivity contribution in [3.63, 3.8) is 0 Å². The lowest BCUT2D eigenvalue weighted by molar-refractivity contribution is -0.116. The third kappa shape index (κ3) is 6.14. The van der Waals surface area contributed by atoms with Crippen LogP contribution in [0.15, 0.2) is 47.6 Å². The summed E-state index contributed by atoms with van der Waals surface area (Å²) in [7, 11) is 1.45. The van der Waals surface area contributed by atoms with Crippen LogP contribution >= 0.6 is 0 Å². The average molecular weight is 369 g/mol. The van der Waals surface area contributed by atoms with Crippen molar-refractivity contribution >= 4 is 23.7 Å². The fourth-order valence-corrected chi connectivity index (χ4v) is 2.27. The number of hydrogen-bond donors (Lipinski definition) is 3. The van der Waals surface area contributed by atoms with Gasteiger partial charge in [-0.3, -0.25) is 9.59 Å². The number of unbranched alkanes of at least 4 members (excludes halogenated alkanes) is 1. The molecule has 0 unspecified atom stereocenters. The molecular weight excluding hydrogens is 346 g/mol. The minimum atomic E-state index is -0.374. The van der Waals surface area contributed by atoms with E-state index in [2.05, 4.69) is 15.8 Å². The largest absolute Gasteiger partial charge is 0.504 e. The lowest BCUT2D eigenvalue weighted by Crippen LogP contribution is -2.17. The second-order valence-corrected chi connectivity index (χ2v) is 5.86. The second-order valence-electron chi connectivity index (χ2n) is 5.86. The highest BCUT2D eigenvalue weighted by Crippen LogP contribution is 2.25. The number of amides is 2. The molecule has 2 amide bonds. The summed E-state index contributed by atoms with van der Waals surface area (Å²) in [5.41, 5.74) is 4.15. The number of benzene rings is 2. The Kier molecular flexibility index (Phi) is 7.37. The maximum absolute atomic E-state index is 12.1. The number of carbonyl (C=O) groups is 2. The number of rotatable bonds is 8. The monoisotopic (exact) mass is 369 g/mol. The lowest BCUT2D eigenvalue weighted by atomic mass is 10.2. The predicted molar refractivity (Wildman–Crippen MR) is 104 cm³/mol. The first kappa shape index (κ1) is 20.0. The van der Waals surface area contributed by atoms with Gasteiger partial charge in [0.25, 0.3) is 5.91 Å². The number of methoxy groups -OCH3 is 1. The molecule has 2 aromatic carbocycles. The van der Waals surface area contributed by atoms with Crippen LogP contribution in [0.2, 0.25) is 0 Å². The van der Waals surface area contributed by atoms with Crippen molar-refractivity contribution < 1.29 is 19.4 Å². The van der Waals surface area contributed by atoms with Crippen LogP contribution in [0, 0.1) is 0 Å². The predicted octanol–water partition coefficient (Wildman–Crippen LogP) is 3.29. The zero-order valence-electron chi connectivity index (χ0n) is 15.4. The molecule has 0 atom stereocenters. The molecule has 27 heavy (non-hydrogen) atoms. The minimum absolute atomic E-state index is 0.0283. The Bertz CT molecular complexity index is 816. The van der Waals surface area contributed by atoms with E-state index in [0.717, 1.165) is 12.8 Å². The topological polar surface area (TPSA) is 100 Å². The highest BCUT2D eigenvalue weighted by Gasteiger charge is 2.06. The van der Waals surface area contributed by atoms with Crippen molar-refractivity contribution in [2.45, 2.75) is 26.2 Å². The van der Waals surface area contributed by atoms with E-state index >= 15 is 0 Å². The van der Waals surface area contributed by atoms with Gasteiger partial charge in [-0.25, -0.2) is 5.43 Å². The highest BCUT2D eigenvalue weighted by molar-refractivity contribution is 5.96. The summed E-state index contributed by atoms with van der Waals surface area (Å²) in [6, 6.07) is 11.3. The van der Waals surface area contributed by atoms with E-state index in [-0.39, 0.29) is 17.6 Å². The number of aromatic hydroxyl groups is 1. The van der Waals surface area contributed by atoms with Crippen molar-refractivity contribution in [3.05, 3.63) is 53.6 Å². The lowest BCUT2D eigenvalue weighted by Gasteiger charge is -2.06. The van der Waals surface area contributed by atoms with E-state index in [0.29, 0.717) is 29.0 Å². The molecule has 0 saturated carbocycles. The molecular formula is C20H23N3O4. The van der Waals surface area contributed by atoms with E-state index < -0.39 is 0 Å². The molecule has 0 radical (unpaired) electrons. The third-order valence-electron chi connectivity index (χ3n) is 3.77. The minimum Gasteiger partial charge on any atom is -0.504 e. The summed E-state index contributed by atoms with van der Waals surface area (Å²) in [5, 5.41) is 16.2. The summed E-state index contributed by atoms with van der Waals surface area (Å²) >= 11 is 0. The summed E-state index contributed by atoms with van der Waals surface area (Å²) < 4.78 is 5.01. The number of hydrazone groups is 1. The van der Waals surface area contributed by atoms with Gasteiger partial charge < -0.3 is 15.2 Å². The van der Waals surface area contributed by atoms with Gasteiger partial charge in [-0.2, -0.15) is 5.10 Å². The van der Waals surface area contributed by atoms with Crippen LogP contribution in [0.25, 0.3) is 0 Å². The zero-order chi connectivity index (χ0) is 19.6. The Hall–Kier alpha value is -3.35. The molecule has 7 nitrogen and oxygen atoms in total. The van der Waals surface area contributed by atoms with Crippen LogP contribution in [0.5, 0.6) is 11.5 Å². The highest BCUT2D eigenvalue weighted by atomic mass is 16.5. The molecule has 0 aromatic heterocycles. The molecule has 0 aliphatic heterocycles. The smallest absolute Gasteiger partial charge is 0.271 e.